The van der Waals surface area contributed by atoms with Gasteiger partial charge in [-0.05, 0) is 0 Å². The van der Waals surface area contributed by atoms with Crippen LogP contribution >= 0.6 is 6.83 Å². The Bertz CT molecular complexity index is 1870. The van der Waals surface area contributed by atoms with Crippen LogP contribution in [-0.2, 0) is 4.52 Å². The Kier molecular flexibility index (Phi) is 6.93. The first-order valence-corrected chi connectivity index (χ1v) is 15.7. The number of aromatic carboxylic acids is 1. The molecule has 0 atom stereocenters. The summed E-state index contributed by atoms with van der Waals surface area (Å²) in [5.41, 5.74) is -0.361. The Labute approximate surface area is 248 Å². The topological polar surface area (TPSA) is 104 Å². The van der Waals surface area contributed by atoms with E-state index in [4.69, 9.17) is 4.52 Å². The molecular weight excluding hydrogens is 559 g/mol. The van der Waals surface area contributed by atoms with Gasteiger partial charge in [0.2, 0.25) is 0 Å². The Hall–Kier alpha value is -5.45. The van der Waals surface area contributed by atoms with Crippen LogP contribution in [0.25, 0.3) is 10.8 Å². The number of benzene rings is 6. The van der Waals surface area contributed by atoms with E-state index in [1.807, 2.05) is 91.0 Å². The molecule has 0 aliphatic rings. The number of hydrogen-bond acceptors (Lipinski definition) is 5. The molecular formula is C36H27O6P. The first kappa shape index (κ1) is 27.7. The summed E-state index contributed by atoms with van der Waals surface area (Å²) in [7, 11) is 0. The average Bonchev–Trinajstić information content (AvgIpc) is 3.06. The van der Waals surface area contributed by atoms with Gasteiger partial charge in [0, 0.05) is 0 Å². The van der Waals surface area contributed by atoms with E-state index in [9.17, 15) is 24.9 Å². The standard InChI is InChI=1S/C36H27O6P/c37-32-24-33(34(38)29-21-11-10-20-28(29)32)43(25-14-4-1-5-15-25,26-16-6-2-7-17-26,27-18-8-3-9-19-27)42-36(41)31-23-13-12-22-30(31)35(39)40/h1-24,37-38H,(H,39,40). The number of rotatable bonds is 7. The molecule has 0 aliphatic carbocycles. The molecule has 0 heterocycles. The van der Waals surface area contributed by atoms with Crippen molar-refractivity contribution in [1.82, 2.24) is 0 Å². The number of aromatic hydroxyl groups is 2. The molecule has 0 radical (unpaired) electrons. The van der Waals surface area contributed by atoms with E-state index in [2.05, 4.69) is 0 Å². The van der Waals surface area contributed by atoms with Gasteiger partial charge in [-0.1, -0.05) is 0 Å². The maximum absolute atomic E-state index is 14.5. The van der Waals surface area contributed by atoms with E-state index in [1.54, 1.807) is 36.4 Å². The fraction of sp³-hybridized carbons (Fsp3) is 0. The molecule has 6 aromatic rings. The number of carboxylic acid groups (broad SMARTS) is 1. The second-order valence-electron chi connectivity index (χ2n) is 10.1. The van der Waals surface area contributed by atoms with Crippen LogP contribution in [-0.4, -0.2) is 27.3 Å². The van der Waals surface area contributed by atoms with E-state index >= 15 is 0 Å². The summed E-state index contributed by atoms with van der Waals surface area (Å²) < 4.78 is 6.99. The summed E-state index contributed by atoms with van der Waals surface area (Å²) in [4.78, 5) is 26.8. The number of hydrogen-bond donors (Lipinski definition) is 3. The van der Waals surface area contributed by atoms with Crippen molar-refractivity contribution in [2.75, 3.05) is 0 Å². The number of phenols is 2. The number of phenolic OH excluding ortho intramolecular Hbond substituents is 2. The molecule has 0 bridgehead atoms. The monoisotopic (exact) mass is 586 g/mol. The molecule has 7 heteroatoms. The Balaban J connectivity index is 1.87. The van der Waals surface area contributed by atoms with Gasteiger partial charge in [-0.3, -0.25) is 0 Å². The van der Waals surface area contributed by atoms with Crippen molar-refractivity contribution in [2.45, 2.75) is 0 Å². The molecule has 0 spiro atoms. The molecule has 6 rings (SSSR count). The van der Waals surface area contributed by atoms with Gasteiger partial charge in [-0.2, -0.15) is 0 Å². The number of carbonyl (C=O) groups excluding carboxylic acids is 1. The molecule has 0 amide bonds. The predicted molar refractivity (Wildman–Crippen MR) is 171 cm³/mol. The normalized spacial score (nSPS) is 12.2. The van der Waals surface area contributed by atoms with E-state index < -0.39 is 18.8 Å². The molecule has 0 saturated heterocycles. The fourth-order valence-corrected chi connectivity index (χ4v) is 11.6. The molecule has 212 valence electrons. The third-order valence-electron chi connectivity index (χ3n) is 7.82. The zero-order valence-electron chi connectivity index (χ0n) is 22.9. The minimum atomic E-state index is -4.85. The molecule has 0 aromatic heterocycles. The maximum atomic E-state index is 14.5. The van der Waals surface area contributed by atoms with Crippen LogP contribution in [0.3, 0.4) is 0 Å². The van der Waals surface area contributed by atoms with Crippen LogP contribution in [0, 0.1) is 0 Å². The molecule has 0 aliphatic heterocycles. The average molecular weight is 587 g/mol. The molecule has 0 unspecified atom stereocenters. The third-order valence-corrected chi connectivity index (χ3v) is 13.5. The van der Waals surface area contributed by atoms with Gasteiger partial charge in [0.05, 0.1) is 0 Å². The second-order valence-corrected chi connectivity index (χ2v) is 14.4. The van der Waals surface area contributed by atoms with Crippen molar-refractivity contribution >= 4 is 50.8 Å². The predicted octanol–water partition coefficient (Wildman–Crippen LogP) is 5.88. The number of fused-ring (bicyclic) bond motifs is 1. The number of carboxylic acids is 1. The molecule has 43 heavy (non-hydrogen) atoms. The van der Waals surface area contributed by atoms with Crippen molar-refractivity contribution in [3.63, 3.8) is 0 Å². The van der Waals surface area contributed by atoms with Gasteiger partial charge in [0.1, 0.15) is 0 Å². The van der Waals surface area contributed by atoms with Gasteiger partial charge in [0.15, 0.2) is 0 Å². The molecule has 6 aromatic carbocycles. The van der Waals surface area contributed by atoms with Gasteiger partial charge in [0.25, 0.3) is 0 Å². The van der Waals surface area contributed by atoms with Gasteiger partial charge >= 0.3 is 248 Å². The quantitative estimate of drug-likeness (QED) is 0.160. The summed E-state index contributed by atoms with van der Waals surface area (Å²) in [6.45, 7) is -4.85. The number of carbonyl (C=O) groups is 2. The zero-order chi connectivity index (χ0) is 30.1. The van der Waals surface area contributed by atoms with Crippen molar-refractivity contribution in [3.05, 3.63) is 157 Å². The van der Waals surface area contributed by atoms with Gasteiger partial charge < -0.3 is 0 Å². The van der Waals surface area contributed by atoms with Crippen LogP contribution in [0.1, 0.15) is 20.7 Å². The summed E-state index contributed by atoms with van der Waals surface area (Å²) in [5, 5.41) is 36.4. The second kappa shape index (κ2) is 10.8. The summed E-state index contributed by atoms with van der Waals surface area (Å²) in [6, 6.07) is 41.7. The third kappa shape index (κ3) is 4.15. The van der Waals surface area contributed by atoms with Crippen LogP contribution in [0.2, 0.25) is 0 Å². The van der Waals surface area contributed by atoms with E-state index in [0.29, 0.717) is 26.7 Å². The summed E-state index contributed by atoms with van der Waals surface area (Å²) in [6.07, 6.45) is 0. The van der Waals surface area contributed by atoms with Crippen LogP contribution in [0.5, 0.6) is 11.5 Å². The Morgan fingerprint density at radius 3 is 1.44 bits per heavy atom. The van der Waals surface area contributed by atoms with Gasteiger partial charge in [-0.15, -0.1) is 0 Å². The summed E-state index contributed by atoms with van der Waals surface area (Å²) in [5.74, 6) is -2.44. The molecule has 6 nitrogen and oxygen atoms in total. The van der Waals surface area contributed by atoms with Crippen molar-refractivity contribution < 1.29 is 29.4 Å². The fourth-order valence-electron chi connectivity index (χ4n) is 5.92. The first-order chi connectivity index (χ1) is 20.9. The first-order valence-electron chi connectivity index (χ1n) is 13.6. The van der Waals surface area contributed by atoms with E-state index in [1.165, 1.54) is 18.2 Å². The Morgan fingerprint density at radius 2 is 0.953 bits per heavy atom. The van der Waals surface area contributed by atoms with Gasteiger partial charge in [-0.25, -0.2) is 0 Å². The van der Waals surface area contributed by atoms with Crippen molar-refractivity contribution in [1.29, 1.82) is 0 Å². The zero-order valence-corrected chi connectivity index (χ0v) is 23.8. The van der Waals surface area contributed by atoms with Crippen LogP contribution in [0.15, 0.2) is 146 Å². The molecule has 3 N–H and O–H groups in total. The minimum absolute atomic E-state index is 0.109. The van der Waals surface area contributed by atoms with Crippen molar-refractivity contribution in [2.24, 2.45) is 0 Å². The van der Waals surface area contributed by atoms with Crippen LogP contribution < -0.4 is 21.2 Å². The van der Waals surface area contributed by atoms with Crippen LogP contribution in [0.4, 0.5) is 0 Å². The molecule has 0 saturated carbocycles. The summed E-state index contributed by atoms with van der Waals surface area (Å²) >= 11 is 0. The Morgan fingerprint density at radius 1 is 0.535 bits per heavy atom. The molecule has 0 fully saturated rings. The SMILES string of the molecule is O=C(O)c1ccccc1C(=O)OP(c1ccccc1)(c1ccccc1)(c1ccccc1)c1cc(O)c2ccccc2c1O. The van der Waals surface area contributed by atoms with Crippen molar-refractivity contribution in [3.8, 4) is 11.5 Å². The van der Waals surface area contributed by atoms with E-state index in [-0.39, 0.29) is 27.9 Å². The van der Waals surface area contributed by atoms with E-state index in [0.717, 1.165) is 0 Å².